The Balaban J connectivity index is 1.99. The van der Waals surface area contributed by atoms with Crippen LogP contribution in [0.4, 0.5) is 0 Å². The average molecular weight is 383 g/mol. The molecule has 2 aromatic rings. The molecule has 5 nitrogen and oxygen atoms in total. The largest absolute Gasteiger partial charge is 0.463 e. The molecule has 0 N–H and O–H groups in total. The number of esters is 1. The van der Waals surface area contributed by atoms with Gasteiger partial charge >= 0.3 is 5.97 Å². The summed E-state index contributed by atoms with van der Waals surface area (Å²) in [5.74, 6) is -0.383. The van der Waals surface area contributed by atoms with E-state index in [9.17, 15) is 13.2 Å². The standard InChI is InChI=1S/C21H21NO4S/c1-3-26-20(23)16-11-12-22-21(14-16,17-8-6-7-15(2)13-17)18-9-4-5-10-19(18)27(22,24)25/h4-11,13H,3,12,14H2,1-2H3. The fourth-order valence-corrected chi connectivity index (χ4v) is 6.11. The topological polar surface area (TPSA) is 63.7 Å². The van der Waals surface area contributed by atoms with E-state index in [2.05, 4.69) is 0 Å². The van der Waals surface area contributed by atoms with Crippen LogP contribution in [0.3, 0.4) is 0 Å². The van der Waals surface area contributed by atoms with Crippen molar-refractivity contribution < 1.29 is 17.9 Å². The molecular weight excluding hydrogens is 362 g/mol. The summed E-state index contributed by atoms with van der Waals surface area (Å²) in [6.45, 7) is 4.16. The molecule has 0 fully saturated rings. The third kappa shape index (κ3) is 2.55. The number of nitrogens with zero attached hydrogens (tertiary/aromatic N) is 1. The number of carbonyl (C=O) groups is 1. The molecule has 2 heterocycles. The van der Waals surface area contributed by atoms with Crippen LogP contribution in [-0.2, 0) is 25.1 Å². The minimum atomic E-state index is -3.65. The number of aryl methyl sites for hydroxylation is 1. The van der Waals surface area contributed by atoms with E-state index in [0.717, 1.165) is 11.1 Å². The molecule has 0 saturated carbocycles. The van der Waals surface area contributed by atoms with Crippen LogP contribution in [0, 0.1) is 6.92 Å². The Hall–Kier alpha value is -2.44. The van der Waals surface area contributed by atoms with Gasteiger partial charge < -0.3 is 4.74 Å². The lowest BCUT2D eigenvalue weighted by Crippen LogP contribution is -2.48. The van der Waals surface area contributed by atoms with E-state index in [1.54, 1.807) is 25.1 Å². The zero-order valence-electron chi connectivity index (χ0n) is 15.3. The molecule has 0 spiro atoms. The number of ether oxygens (including phenoxy) is 1. The molecule has 2 aliphatic rings. The fraction of sp³-hybridized carbons (Fsp3) is 0.286. The van der Waals surface area contributed by atoms with Gasteiger partial charge in [-0.3, -0.25) is 0 Å². The van der Waals surface area contributed by atoms with Crippen LogP contribution in [-0.4, -0.2) is 31.8 Å². The van der Waals surface area contributed by atoms with Crippen LogP contribution in [0.1, 0.15) is 30.0 Å². The van der Waals surface area contributed by atoms with E-state index < -0.39 is 15.6 Å². The highest BCUT2D eigenvalue weighted by atomic mass is 32.2. The van der Waals surface area contributed by atoms with E-state index >= 15 is 0 Å². The van der Waals surface area contributed by atoms with Gasteiger partial charge in [-0.25, -0.2) is 13.2 Å². The van der Waals surface area contributed by atoms with E-state index in [4.69, 9.17) is 4.74 Å². The number of hydrogen-bond donors (Lipinski definition) is 0. The molecule has 0 radical (unpaired) electrons. The average Bonchev–Trinajstić information content (AvgIpc) is 2.87. The van der Waals surface area contributed by atoms with Gasteiger partial charge in [-0.05, 0) is 31.0 Å². The Kier molecular flexibility index (Phi) is 4.20. The summed E-state index contributed by atoms with van der Waals surface area (Å²) in [4.78, 5) is 12.8. The van der Waals surface area contributed by atoms with Crippen LogP contribution in [0.25, 0.3) is 0 Å². The van der Waals surface area contributed by atoms with Gasteiger partial charge in [0.1, 0.15) is 0 Å². The summed E-state index contributed by atoms with van der Waals surface area (Å²) >= 11 is 0. The maximum atomic E-state index is 13.3. The van der Waals surface area contributed by atoms with E-state index in [1.807, 2.05) is 43.3 Å². The lowest BCUT2D eigenvalue weighted by atomic mass is 9.76. The van der Waals surface area contributed by atoms with E-state index in [1.165, 1.54) is 4.31 Å². The van der Waals surface area contributed by atoms with Crippen molar-refractivity contribution >= 4 is 16.0 Å². The minimum Gasteiger partial charge on any atom is -0.463 e. The number of fused-ring (bicyclic) bond motifs is 3. The van der Waals surface area contributed by atoms with E-state index in [-0.39, 0.29) is 25.5 Å². The van der Waals surface area contributed by atoms with Crippen LogP contribution >= 0.6 is 0 Å². The van der Waals surface area contributed by atoms with Crippen molar-refractivity contribution in [1.29, 1.82) is 0 Å². The summed E-state index contributed by atoms with van der Waals surface area (Å²) in [6, 6.07) is 14.9. The summed E-state index contributed by atoms with van der Waals surface area (Å²) in [5, 5.41) is 0. The van der Waals surface area contributed by atoms with Crippen molar-refractivity contribution in [2.45, 2.75) is 30.7 Å². The van der Waals surface area contributed by atoms with Crippen LogP contribution in [0.15, 0.2) is 65.1 Å². The summed E-state index contributed by atoms with van der Waals surface area (Å²) in [6.07, 6.45) is 1.93. The van der Waals surface area contributed by atoms with Gasteiger partial charge in [-0.15, -0.1) is 0 Å². The Morgan fingerprint density at radius 3 is 2.70 bits per heavy atom. The smallest absolute Gasteiger partial charge is 0.333 e. The second kappa shape index (κ2) is 6.32. The number of rotatable bonds is 3. The Morgan fingerprint density at radius 1 is 1.19 bits per heavy atom. The van der Waals surface area contributed by atoms with Crippen molar-refractivity contribution in [3.05, 3.63) is 76.9 Å². The SMILES string of the molecule is CCOC(=O)C1=CCN2C(c3cccc(C)c3)(C1)c1ccccc1S2(=O)=O. The highest BCUT2D eigenvalue weighted by molar-refractivity contribution is 7.89. The molecule has 1 atom stereocenters. The second-order valence-electron chi connectivity index (χ2n) is 6.89. The van der Waals surface area contributed by atoms with Gasteiger partial charge in [0.15, 0.2) is 0 Å². The van der Waals surface area contributed by atoms with Crippen molar-refractivity contribution in [3.8, 4) is 0 Å². The Bertz CT molecular complexity index is 1060. The maximum absolute atomic E-state index is 13.3. The minimum absolute atomic E-state index is 0.138. The van der Waals surface area contributed by atoms with E-state index in [0.29, 0.717) is 16.0 Å². The Morgan fingerprint density at radius 2 is 1.96 bits per heavy atom. The van der Waals surface area contributed by atoms with Crippen molar-refractivity contribution in [1.82, 2.24) is 4.31 Å². The first-order valence-corrected chi connectivity index (χ1v) is 10.4. The van der Waals surface area contributed by atoms with Crippen LogP contribution in [0.5, 0.6) is 0 Å². The number of benzene rings is 2. The lowest BCUT2D eigenvalue weighted by Gasteiger charge is -2.41. The van der Waals surface area contributed by atoms with Crippen molar-refractivity contribution in [2.24, 2.45) is 0 Å². The first kappa shape index (κ1) is 17.9. The van der Waals surface area contributed by atoms with Crippen LogP contribution < -0.4 is 0 Å². The molecule has 140 valence electrons. The van der Waals surface area contributed by atoms with Gasteiger partial charge in [-0.2, -0.15) is 4.31 Å². The second-order valence-corrected chi connectivity index (χ2v) is 8.72. The summed E-state index contributed by atoms with van der Waals surface area (Å²) in [7, 11) is -3.65. The summed E-state index contributed by atoms with van der Waals surface area (Å²) in [5.41, 5.74) is 2.20. The normalized spacial score (nSPS) is 23.3. The van der Waals surface area contributed by atoms with Crippen molar-refractivity contribution in [2.75, 3.05) is 13.2 Å². The molecule has 2 aliphatic heterocycles. The first-order chi connectivity index (χ1) is 12.9. The molecule has 1 unspecified atom stereocenters. The fourth-order valence-electron chi connectivity index (χ4n) is 4.15. The monoisotopic (exact) mass is 383 g/mol. The number of hydrogen-bond acceptors (Lipinski definition) is 4. The molecule has 0 aromatic heterocycles. The molecule has 0 bridgehead atoms. The highest BCUT2D eigenvalue weighted by Crippen LogP contribution is 2.53. The number of carbonyl (C=O) groups excluding carboxylic acids is 1. The molecule has 27 heavy (non-hydrogen) atoms. The molecule has 6 heteroatoms. The van der Waals surface area contributed by atoms with Crippen LogP contribution in [0.2, 0.25) is 0 Å². The number of sulfonamides is 1. The predicted octanol–water partition coefficient (Wildman–Crippen LogP) is 3.14. The van der Waals surface area contributed by atoms with Gasteiger partial charge in [-0.1, -0.05) is 54.1 Å². The molecule has 0 amide bonds. The molecule has 2 aromatic carbocycles. The predicted molar refractivity (Wildman–Crippen MR) is 102 cm³/mol. The highest BCUT2D eigenvalue weighted by Gasteiger charge is 2.56. The van der Waals surface area contributed by atoms with Gasteiger partial charge in [0.05, 0.1) is 17.0 Å². The third-order valence-electron chi connectivity index (χ3n) is 5.31. The quantitative estimate of drug-likeness (QED) is 0.764. The zero-order chi connectivity index (χ0) is 19.2. The Labute approximate surface area is 159 Å². The zero-order valence-corrected chi connectivity index (χ0v) is 16.1. The van der Waals surface area contributed by atoms with Gasteiger partial charge in [0.25, 0.3) is 0 Å². The maximum Gasteiger partial charge on any atom is 0.333 e. The molecule has 0 aliphatic carbocycles. The molecule has 4 rings (SSSR count). The first-order valence-electron chi connectivity index (χ1n) is 8.97. The van der Waals surface area contributed by atoms with Gasteiger partial charge in [0, 0.05) is 18.5 Å². The third-order valence-corrected chi connectivity index (χ3v) is 7.26. The molecular formula is C21H21NO4S. The summed E-state index contributed by atoms with van der Waals surface area (Å²) < 4.78 is 33.2. The van der Waals surface area contributed by atoms with Crippen molar-refractivity contribution in [3.63, 3.8) is 0 Å². The van der Waals surface area contributed by atoms with Gasteiger partial charge in [0.2, 0.25) is 10.0 Å². The molecule has 0 saturated heterocycles. The lowest BCUT2D eigenvalue weighted by molar-refractivity contribution is -0.139.